The maximum Gasteiger partial charge on any atom is 0.212 e. The van der Waals surface area contributed by atoms with Gasteiger partial charge in [-0.05, 0) is 30.5 Å². The summed E-state index contributed by atoms with van der Waals surface area (Å²) in [6.45, 7) is 5.01. The first-order valence-electron chi connectivity index (χ1n) is 8.85. The minimum Gasteiger partial charge on any atom is -0.481 e. The monoisotopic (exact) mass is 339 g/mol. The lowest BCUT2D eigenvalue weighted by Gasteiger charge is -2.56. The van der Waals surface area contributed by atoms with Gasteiger partial charge in [-0.3, -0.25) is 4.90 Å². The third-order valence-corrected chi connectivity index (χ3v) is 5.34. The maximum absolute atomic E-state index is 5.91. The van der Waals surface area contributed by atoms with Gasteiger partial charge in [0.25, 0.3) is 0 Å². The van der Waals surface area contributed by atoms with E-state index in [1.807, 2.05) is 25.4 Å². The lowest BCUT2D eigenvalue weighted by Crippen LogP contribution is -2.68. The van der Waals surface area contributed by atoms with Gasteiger partial charge in [-0.25, -0.2) is 9.97 Å². The fourth-order valence-corrected chi connectivity index (χ4v) is 3.82. The Bertz CT molecular complexity index is 704. The van der Waals surface area contributed by atoms with Gasteiger partial charge in [0.15, 0.2) is 0 Å². The summed E-state index contributed by atoms with van der Waals surface area (Å²) in [7, 11) is 1.64. The number of hydrogen-bond acceptors (Lipinski definition) is 6. The molecule has 3 aliphatic rings. The number of fused-ring (bicyclic) bond motifs is 2. The number of hydrogen-bond donors (Lipinski definition) is 1. The van der Waals surface area contributed by atoms with Gasteiger partial charge in [0, 0.05) is 56.2 Å². The molecular weight excluding hydrogens is 314 g/mol. The number of piperazine rings is 1. The van der Waals surface area contributed by atoms with Crippen LogP contribution in [0.15, 0.2) is 36.7 Å². The van der Waals surface area contributed by atoms with Crippen molar-refractivity contribution in [3.63, 3.8) is 0 Å². The van der Waals surface area contributed by atoms with Crippen LogP contribution in [0.1, 0.15) is 30.5 Å². The minimum atomic E-state index is 0.0323. The summed E-state index contributed by atoms with van der Waals surface area (Å²) in [4.78, 5) is 13.9. The summed E-state index contributed by atoms with van der Waals surface area (Å²) >= 11 is 0. The van der Waals surface area contributed by atoms with Gasteiger partial charge >= 0.3 is 0 Å². The highest BCUT2D eigenvalue weighted by Gasteiger charge is 2.44. The zero-order valence-corrected chi connectivity index (χ0v) is 14.8. The second-order valence-corrected chi connectivity index (χ2v) is 7.07. The molecule has 3 saturated heterocycles. The fraction of sp³-hybridized carbons (Fsp3) is 0.474. The van der Waals surface area contributed by atoms with E-state index in [9.17, 15) is 0 Å². The van der Waals surface area contributed by atoms with Gasteiger partial charge in [-0.2, -0.15) is 0 Å². The Balaban J connectivity index is 1.38. The highest BCUT2D eigenvalue weighted by Crippen LogP contribution is 2.35. The number of aromatic nitrogens is 2. The number of nitrogens with zero attached hydrogens (tertiary/aromatic N) is 4. The molecule has 25 heavy (non-hydrogen) atoms. The maximum atomic E-state index is 5.91. The zero-order chi connectivity index (χ0) is 17.4. The summed E-state index contributed by atoms with van der Waals surface area (Å²) in [5, 5.41) is 0. The Kier molecular flexibility index (Phi) is 4.31. The summed E-state index contributed by atoms with van der Waals surface area (Å²) < 4.78 is 5.13. The second-order valence-electron chi connectivity index (χ2n) is 7.07. The molecular formula is C19H25N5O. The molecule has 0 amide bonds. The molecule has 5 heterocycles. The Morgan fingerprint density at radius 3 is 2.52 bits per heavy atom. The van der Waals surface area contributed by atoms with Crippen molar-refractivity contribution in [1.29, 1.82) is 0 Å². The van der Waals surface area contributed by atoms with Crippen LogP contribution in [-0.4, -0.2) is 47.2 Å². The number of anilines is 1. The largest absolute Gasteiger partial charge is 0.481 e. The summed E-state index contributed by atoms with van der Waals surface area (Å²) in [5.74, 6) is 1.73. The third kappa shape index (κ3) is 3.19. The summed E-state index contributed by atoms with van der Waals surface area (Å²) in [5.41, 5.74) is 8.23. The van der Waals surface area contributed by atoms with E-state index in [1.165, 1.54) is 12.0 Å². The topological polar surface area (TPSA) is 67.5 Å². The molecule has 0 aromatic carbocycles. The van der Waals surface area contributed by atoms with Crippen LogP contribution in [0.5, 0.6) is 5.88 Å². The molecule has 0 radical (unpaired) electrons. The van der Waals surface area contributed by atoms with Crippen LogP contribution in [0.2, 0.25) is 0 Å². The van der Waals surface area contributed by atoms with Gasteiger partial charge in [0.05, 0.1) is 7.11 Å². The highest BCUT2D eigenvalue weighted by molar-refractivity contribution is 5.42. The van der Waals surface area contributed by atoms with Crippen LogP contribution in [-0.2, 0) is 6.54 Å². The van der Waals surface area contributed by atoms with Crippen LogP contribution in [0, 0.1) is 0 Å². The summed E-state index contributed by atoms with van der Waals surface area (Å²) in [6.07, 6.45) is 5.10. The predicted octanol–water partition coefficient (Wildman–Crippen LogP) is 1.97. The number of piperidine rings is 1. The zero-order valence-electron chi connectivity index (χ0n) is 14.8. The molecule has 3 aliphatic heterocycles. The van der Waals surface area contributed by atoms with E-state index >= 15 is 0 Å². The molecule has 5 rings (SSSR count). The van der Waals surface area contributed by atoms with E-state index in [2.05, 4.69) is 38.0 Å². The van der Waals surface area contributed by atoms with Gasteiger partial charge in [0.1, 0.15) is 5.82 Å². The molecule has 2 aromatic heterocycles. The second kappa shape index (κ2) is 6.61. The van der Waals surface area contributed by atoms with E-state index in [4.69, 9.17) is 10.5 Å². The Morgan fingerprint density at radius 1 is 1.16 bits per heavy atom. The summed E-state index contributed by atoms with van der Waals surface area (Å²) in [6, 6.07) is 9.44. The van der Waals surface area contributed by atoms with E-state index in [0.717, 1.165) is 31.0 Å². The van der Waals surface area contributed by atoms with Crippen molar-refractivity contribution in [1.82, 2.24) is 14.9 Å². The number of nitrogens with two attached hydrogens (primary N) is 1. The van der Waals surface area contributed by atoms with Crippen molar-refractivity contribution in [2.45, 2.75) is 38.0 Å². The van der Waals surface area contributed by atoms with Gasteiger partial charge < -0.3 is 15.4 Å². The standard InChI is InChI=1S/C19H25N5O/c1-13(20)15-4-5-18(21-9-15)23-11-16-7-17(12-23)24(16)10-14-3-6-19(25-2)22-8-14/h3-6,8-9,13,16-17H,7,10-12,20H2,1-2H3. The molecule has 0 saturated carbocycles. The van der Waals surface area contributed by atoms with Crippen LogP contribution >= 0.6 is 0 Å². The fourth-order valence-electron chi connectivity index (χ4n) is 3.82. The number of ether oxygens (including phenoxy) is 1. The van der Waals surface area contributed by atoms with Crippen LogP contribution in [0.3, 0.4) is 0 Å². The smallest absolute Gasteiger partial charge is 0.212 e. The molecule has 6 heteroatoms. The highest BCUT2D eigenvalue weighted by atomic mass is 16.5. The molecule has 3 unspecified atom stereocenters. The third-order valence-electron chi connectivity index (χ3n) is 5.34. The van der Waals surface area contributed by atoms with Crippen molar-refractivity contribution in [2.24, 2.45) is 5.73 Å². The molecule has 132 valence electrons. The molecule has 2 N–H and O–H groups in total. The first kappa shape index (κ1) is 16.3. The van der Waals surface area contributed by atoms with E-state index in [1.54, 1.807) is 7.11 Å². The van der Waals surface area contributed by atoms with Crippen molar-refractivity contribution < 1.29 is 4.74 Å². The molecule has 2 aromatic rings. The molecule has 3 atom stereocenters. The molecule has 6 nitrogen and oxygen atoms in total. The van der Waals surface area contributed by atoms with E-state index in [0.29, 0.717) is 18.0 Å². The molecule has 2 bridgehead atoms. The first-order chi connectivity index (χ1) is 12.1. The van der Waals surface area contributed by atoms with Crippen molar-refractivity contribution in [3.05, 3.63) is 47.8 Å². The Labute approximate surface area is 148 Å². The predicted molar refractivity (Wildman–Crippen MR) is 97.6 cm³/mol. The van der Waals surface area contributed by atoms with Crippen molar-refractivity contribution >= 4 is 5.82 Å². The minimum absolute atomic E-state index is 0.0323. The SMILES string of the molecule is COc1ccc(CN2C3CC2CN(c2ccc(C(C)N)cn2)C3)cn1. The molecule has 0 aliphatic carbocycles. The number of methoxy groups -OCH3 is 1. The average Bonchev–Trinajstić information content (AvgIpc) is 2.66. The number of rotatable bonds is 5. The Morgan fingerprint density at radius 2 is 1.96 bits per heavy atom. The first-order valence-corrected chi connectivity index (χ1v) is 8.85. The molecule has 3 fully saturated rings. The van der Waals surface area contributed by atoms with Gasteiger partial charge in [-0.15, -0.1) is 0 Å². The lowest BCUT2D eigenvalue weighted by molar-refractivity contribution is -0.00877. The van der Waals surface area contributed by atoms with Gasteiger partial charge in [0.2, 0.25) is 5.88 Å². The Hall–Kier alpha value is -2.18. The van der Waals surface area contributed by atoms with Crippen molar-refractivity contribution in [3.8, 4) is 5.88 Å². The normalized spacial score (nSPS) is 23.9. The van der Waals surface area contributed by atoms with Crippen molar-refractivity contribution in [2.75, 3.05) is 25.1 Å². The van der Waals surface area contributed by atoms with Crippen LogP contribution in [0.4, 0.5) is 5.82 Å². The lowest BCUT2D eigenvalue weighted by atomic mass is 9.87. The molecule has 0 spiro atoms. The quantitative estimate of drug-likeness (QED) is 0.898. The average molecular weight is 339 g/mol. The van der Waals surface area contributed by atoms with E-state index < -0.39 is 0 Å². The van der Waals surface area contributed by atoms with Crippen LogP contribution < -0.4 is 15.4 Å². The van der Waals surface area contributed by atoms with Gasteiger partial charge in [-0.1, -0.05) is 12.1 Å². The number of pyridine rings is 2. The van der Waals surface area contributed by atoms with E-state index in [-0.39, 0.29) is 6.04 Å². The van der Waals surface area contributed by atoms with Crippen LogP contribution in [0.25, 0.3) is 0 Å².